The van der Waals surface area contributed by atoms with E-state index in [9.17, 15) is 0 Å². The van der Waals surface area contributed by atoms with E-state index >= 15 is 0 Å². The van der Waals surface area contributed by atoms with Gasteiger partial charge in [0, 0.05) is 26.4 Å². The Hall–Kier alpha value is -0.0951. The van der Waals surface area contributed by atoms with Gasteiger partial charge >= 0.3 is 7.32 Å². The fraction of sp³-hybridized carbons (Fsp3) is 1.00. The third-order valence-electron chi connectivity index (χ3n) is 0.977. The summed E-state index contributed by atoms with van der Waals surface area (Å²) in [7, 11) is -0.548. The van der Waals surface area contributed by atoms with E-state index < -0.39 is 7.32 Å². The average Bonchev–Trinajstić information content (AvgIpc) is 2.01. The summed E-state index contributed by atoms with van der Waals surface area (Å²) in [6.07, 6.45) is 0. The Bertz CT molecular complexity index is 78.2. The molecule has 0 spiro atoms. The maximum absolute atomic E-state index is 5.23. The first-order valence-electron chi connectivity index (χ1n) is 3.90. The van der Waals surface area contributed by atoms with Crippen molar-refractivity contribution in [1.82, 2.24) is 0 Å². The molecule has 0 unspecified atom stereocenters. The summed E-state index contributed by atoms with van der Waals surface area (Å²) in [6, 6.07) is 0. The predicted molar refractivity (Wildman–Crippen MR) is 44.0 cm³/mol. The third kappa shape index (κ3) is 6.31. The molecule has 5 heteroatoms. The fourth-order valence-electron chi connectivity index (χ4n) is 0.581. The van der Waals surface area contributed by atoms with E-state index in [0.717, 1.165) is 0 Å². The summed E-state index contributed by atoms with van der Waals surface area (Å²) in [6.45, 7) is 5.88. The molecular weight excluding hydrogens is 145 g/mol. The fourth-order valence-corrected chi connectivity index (χ4v) is 0.581. The van der Waals surface area contributed by atoms with Gasteiger partial charge in [-0.05, 0) is 13.8 Å². The highest BCUT2D eigenvalue weighted by Gasteiger charge is 2.18. The third-order valence-corrected chi connectivity index (χ3v) is 0.977. The zero-order valence-corrected chi connectivity index (χ0v) is 7.21. The molecule has 0 aliphatic carbocycles. The van der Waals surface area contributed by atoms with E-state index in [-0.39, 0.29) is 0 Å². The zero-order chi connectivity index (χ0) is 8.53. The molecular formula is C6H16BNO3. The lowest BCUT2D eigenvalue weighted by Crippen LogP contribution is -2.29. The second-order valence-electron chi connectivity index (χ2n) is 1.86. The van der Waals surface area contributed by atoms with E-state index in [1.165, 1.54) is 0 Å². The minimum atomic E-state index is -0.548. The van der Waals surface area contributed by atoms with Crippen molar-refractivity contribution in [3.8, 4) is 0 Å². The average molecular weight is 161 g/mol. The van der Waals surface area contributed by atoms with E-state index in [1.807, 2.05) is 13.8 Å². The van der Waals surface area contributed by atoms with Gasteiger partial charge in [-0.3, -0.25) is 0 Å². The van der Waals surface area contributed by atoms with Crippen molar-refractivity contribution >= 4 is 7.32 Å². The van der Waals surface area contributed by atoms with Gasteiger partial charge < -0.3 is 19.7 Å². The van der Waals surface area contributed by atoms with Crippen LogP contribution < -0.4 is 5.73 Å². The first kappa shape index (κ1) is 10.9. The normalized spacial score (nSPS) is 10.1. The molecule has 0 aliphatic rings. The van der Waals surface area contributed by atoms with Crippen LogP contribution >= 0.6 is 0 Å². The van der Waals surface area contributed by atoms with E-state index in [2.05, 4.69) is 0 Å². The summed E-state index contributed by atoms with van der Waals surface area (Å²) >= 11 is 0. The first-order valence-corrected chi connectivity index (χ1v) is 3.90. The van der Waals surface area contributed by atoms with Crippen molar-refractivity contribution in [3.05, 3.63) is 0 Å². The zero-order valence-electron chi connectivity index (χ0n) is 7.21. The second kappa shape index (κ2) is 8.01. The molecule has 0 radical (unpaired) electrons. The van der Waals surface area contributed by atoms with Crippen LogP contribution in [0.3, 0.4) is 0 Å². The molecule has 0 amide bonds. The lowest BCUT2D eigenvalue weighted by Gasteiger charge is -2.10. The molecule has 4 nitrogen and oxygen atoms in total. The summed E-state index contributed by atoms with van der Waals surface area (Å²) in [5.41, 5.74) is 5.23. The summed E-state index contributed by atoms with van der Waals surface area (Å²) in [5.74, 6) is 0. The van der Waals surface area contributed by atoms with Crippen molar-refractivity contribution in [2.45, 2.75) is 13.8 Å². The van der Waals surface area contributed by atoms with Crippen LogP contribution in [-0.2, 0) is 14.0 Å². The van der Waals surface area contributed by atoms with E-state index in [0.29, 0.717) is 26.4 Å². The van der Waals surface area contributed by atoms with Gasteiger partial charge in [0.2, 0.25) is 0 Å². The smallest absolute Gasteiger partial charge is 0.386 e. The Morgan fingerprint density at radius 2 is 1.64 bits per heavy atom. The first-order chi connectivity index (χ1) is 5.35. The van der Waals surface area contributed by atoms with Crippen LogP contribution in [0.1, 0.15) is 13.8 Å². The Balaban J connectivity index is 3.34. The lowest BCUT2D eigenvalue weighted by atomic mass is 10.2. The monoisotopic (exact) mass is 161 g/mol. The van der Waals surface area contributed by atoms with Gasteiger partial charge in [-0.1, -0.05) is 0 Å². The van der Waals surface area contributed by atoms with Crippen molar-refractivity contribution in [2.24, 2.45) is 5.73 Å². The Labute approximate surface area is 68.2 Å². The van der Waals surface area contributed by atoms with Crippen LogP contribution in [0.5, 0.6) is 0 Å². The topological polar surface area (TPSA) is 53.7 Å². The molecule has 66 valence electrons. The predicted octanol–water partition coefficient (Wildman–Crippen LogP) is 0.0196. The van der Waals surface area contributed by atoms with E-state index in [4.69, 9.17) is 19.7 Å². The molecule has 0 fully saturated rings. The molecule has 2 N–H and O–H groups in total. The molecule has 0 bridgehead atoms. The van der Waals surface area contributed by atoms with Crippen molar-refractivity contribution < 1.29 is 14.0 Å². The molecule has 0 atom stereocenters. The van der Waals surface area contributed by atoms with Crippen molar-refractivity contribution in [2.75, 3.05) is 26.4 Å². The van der Waals surface area contributed by atoms with Gasteiger partial charge in [0.25, 0.3) is 0 Å². The van der Waals surface area contributed by atoms with Crippen LogP contribution in [-0.4, -0.2) is 33.7 Å². The molecule has 0 saturated heterocycles. The Kier molecular flexibility index (Phi) is 7.94. The molecule has 0 aromatic carbocycles. The van der Waals surface area contributed by atoms with Crippen LogP contribution in [0, 0.1) is 0 Å². The molecule has 0 heterocycles. The summed E-state index contributed by atoms with van der Waals surface area (Å²) in [4.78, 5) is 0. The number of nitrogens with two attached hydrogens (primary N) is 1. The Morgan fingerprint density at radius 1 is 1.09 bits per heavy atom. The number of hydrogen-bond donors (Lipinski definition) is 1. The van der Waals surface area contributed by atoms with Crippen LogP contribution in [0.15, 0.2) is 0 Å². The second-order valence-corrected chi connectivity index (χ2v) is 1.86. The number of rotatable bonds is 7. The van der Waals surface area contributed by atoms with Crippen LogP contribution in [0.25, 0.3) is 0 Å². The van der Waals surface area contributed by atoms with E-state index in [1.54, 1.807) is 0 Å². The summed E-state index contributed by atoms with van der Waals surface area (Å²) in [5, 5.41) is 0. The van der Waals surface area contributed by atoms with Crippen molar-refractivity contribution in [3.63, 3.8) is 0 Å². The molecule has 0 saturated carbocycles. The maximum Gasteiger partial charge on any atom is 0.639 e. The summed E-state index contributed by atoms with van der Waals surface area (Å²) < 4.78 is 15.3. The van der Waals surface area contributed by atoms with Crippen molar-refractivity contribution in [1.29, 1.82) is 0 Å². The maximum atomic E-state index is 5.23. The van der Waals surface area contributed by atoms with Gasteiger partial charge in [0.1, 0.15) is 0 Å². The van der Waals surface area contributed by atoms with Gasteiger partial charge in [0.15, 0.2) is 0 Å². The highest BCUT2D eigenvalue weighted by molar-refractivity contribution is 6.36. The van der Waals surface area contributed by atoms with Gasteiger partial charge in [-0.25, -0.2) is 0 Å². The van der Waals surface area contributed by atoms with Gasteiger partial charge in [0.05, 0.1) is 0 Å². The molecule has 11 heavy (non-hydrogen) atoms. The van der Waals surface area contributed by atoms with Gasteiger partial charge in [-0.15, -0.1) is 0 Å². The number of hydrogen-bond acceptors (Lipinski definition) is 4. The minimum Gasteiger partial charge on any atom is -0.386 e. The minimum absolute atomic E-state index is 0.463. The molecule has 0 aliphatic heterocycles. The SMILES string of the molecule is CCOB(OCC)OCCN. The molecule has 0 aromatic rings. The highest BCUT2D eigenvalue weighted by Crippen LogP contribution is 1.91. The van der Waals surface area contributed by atoms with Crippen LogP contribution in [0.2, 0.25) is 0 Å². The molecule has 0 aromatic heterocycles. The van der Waals surface area contributed by atoms with Gasteiger partial charge in [-0.2, -0.15) is 0 Å². The van der Waals surface area contributed by atoms with Crippen LogP contribution in [0.4, 0.5) is 0 Å². The Morgan fingerprint density at radius 3 is 2.00 bits per heavy atom. The largest absolute Gasteiger partial charge is 0.639 e. The molecule has 0 rings (SSSR count). The lowest BCUT2D eigenvalue weighted by molar-refractivity contribution is 0.105. The highest BCUT2D eigenvalue weighted by atomic mass is 16.7. The quantitative estimate of drug-likeness (QED) is 0.534. The standard InChI is InChI=1S/C6H16BNO3/c1-3-9-7(10-4-2)11-6-5-8/h3-6,8H2,1-2H3.